The SMILES string of the molecule is CCCNC(CCCOCC)c1c(Br)cnn1CC. The monoisotopic (exact) mass is 331 g/mol. The lowest BCUT2D eigenvalue weighted by atomic mass is 10.1. The highest BCUT2D eigenvalue weighted by Crippen LogP contribution is 2.26. The van der Waals surface area contributed by atoms with E-state index in [0.29, 0.717) is 6.04 Å². The molecular weight excluding hydrogens is 306 g/mol. The standard InChI is InChI=1S/C14H26BrN3O/c1-4-9-16-13(8-7-10-19-6-3)14-12(15)11-17-18(14)5-2/h11,13,16H,4-10H2,1-3H3. The molecule has 5 heteroatoms. The summed E-state index contributed by atoms with van der Waals surface area (Å²) < 4.78 is 8.59. The number of nitrogens with one attached hydrogen (secondary N) is 1. The Morgan fingerprint density at radius 3 is 2.84 bits per heavy atom. The van der Waals surface area contributed by atoms with Crippen LogP contribution < -0.4 is 5.32 Å². The second kappa shape index (κ2) is 9.50. The predicted octanol–water partition coefficient (Wildman–Crippen LogP) is 3.52. The molecule has 0 aliphatic heterocycles. The van der Waals surface area contributed by atoms with Crippen molar-refractivity contribution in [2.75, 3.05) is 19.8 Å². The minimum atomic E-state index is 0.345. The molecule has 0 fully saturated rings. The van der Waals surface area contributed by atoms with Gasteiger partial charge in [-0.3, -0.25) is 4.68 Å². The fraction of sp³-hybridized carbons (Fsp3) is 0.786. The van der Waals surface area contributed by atoms with Gasteiger partial charge in [-0.15, -0.1) is 0 Å². The van der Waals surface area contributed by atoms with Crippen molar-refractivity contribution >= 4 is 15.9 Å². The van der Waals surface area contributed by atoms with E-state index < -0.39 is 0 Å². The molecule has 1 atom stereocenters. The summed E-state index contributed by atoms with van der Waals surface area (Å²) in [4.78, 5) is 0. The lowest BCUT2D eigenvalue weighted by Crippen LogP contribution is -2.25. The van der Waals surface area contributed by atoms with Crippen molar-refractivity contribution in [3.8, 4) is 0 Å². The van der Waals surface area contributed by atoms with E-state index in [1.54, 1.807) is 0 Å². The Morgan fingerprint density at radius 1 is 1.42 bits per heavy atom. The summed E-state index contributed by atoms with van der Waals surface area (Å²) in [5, 5.41) is 8.02. The molecular formula is C14H26BrN3O. The van der Waals surface area contributed by atoms with Crippen LogP contribution in [-0.4, -0.2) is 29.5 Å². The van der Waals surface area contributed by atoms with Crippen LogP contribution in [-0.2, 0) is 11.3 Å². The summed E-state index contributed by atoms with van der Waals surface area (Å²) in [6, 6.07) is 0.345. The smallest absolute Gasteiger partial charge is 0.0695 e. The van der Waals surface area contributed by atoms with Crippen LogP contribution >= 0.6 is 15.9 Å². The molecule has 4 nitrogen and oxygen atoms in total. The zero-order valence-corrected chi connectivity index (χ0v) is 13.9. The van der Waals surface area contributed by atoms with Crippen LogP contribution in [0.15, 0.2) is 10.7 Å². The molecule has 110 valence electrons. The molecule has 0 saturated heterocycles. The van der Waals surface area contributed by atoms with Gasteiger partial charge in [-0.2, -0.15) is 5.10 Å². The Morgan fingerprint density at radius 2 is 2.21 bits per heavy atom. The van der Waals surface area contributed by atoms with E-state index in [1.807, 2.05) is 13.1 Å². The number of nitrogens with zero attached hydrogens (tertiary/aromatic N) is 2. The fourth-order valence-electron chi connectivity index (χ4n) is 2.16. The Kier molecular flexibility index (Phi) is 8.34. The molecule has 19 heavy (non-hydrogen) atoms. The van der Waals surface area contributed by atoms with Gasteiger partial charge >= 0.3 is 0 Å². The summed E-state index contributed by atoms with van der Waals surface area (Å²) in [7, 11) is 0. The number of ether oxygens (including phenoxy) is 1. The third-order valence-electron chi connectivity index (χ3n) is 3.09. The zero-order chi connectivity index (χ0) is 14.1. The summed E-state index contributed by atoms with van der Waals surface area (Å²) >= 11 is 3.62. The Hall–Kier alpha value is -0.390. The van der Waals surface area contributed by atoms with E-state index in [-0.39, 0.29) is 0 Å². The van der Waals surface area contributed by atoms with Gasteiger partial charge in [0.2, 0.25) is 0 Å². The van der Waals surface area contributed by atoms with Crippen LogP contribution in [0.2, 0.25) is 0 Å². The van der Waals surface area contributed by atoms with Crippen molar-refractivity contribution in [2.24, 2.45) is 0 Å². The highest BCUT2D eigenvalue weighted by atomic mass is 79.9. The third kappa shape index (κ3) is 5.24. The first-order valence-electron chi connectivity index (χ1n) is 7.26. The molecule has 1 heterocycles. The summed E-state index contributed by atoms with van der Waals surface area (Å²) in [5.74, 6) is 0. The molecule has 0 spiro atoms. The van der Waals surface area contributed by atoms with E-state index in [1.165, 1.54) is 5.69 Å². The lowest BCUT2D eigenvalue weighted by molar-refractivity contribution is 0.140. The molecule has 1 unspecified atom stereocenters. The topological polar surface area (TPSA) is 39.1 Å². The Labute approximate surface area is 125 Å². The molecule has 1 rings (SSSR count). The van der Waals surface area contributed by atoms with Crippen molar-refractivity contribution in [1.82, 2.24) is 15.1 Å². The molecule has 0 amide bonds. The average molecular weight is 332 g/mol. The predicted molar refractivity (Wildman–Crippen MR) is 82.4 cm³/mol. The van der Waals surface area contributed by atoms with Crippen molar-refractivity contribution in [3.63, 3.8) is 0 Å². The Balaban J connectivity index is 2.68. The molecule has 0 aromatic carbocycles. The first kappa shape index (κ1) is 16.7. The van der Waals surface area contributed by atoms with Gasteiger partial charge in [0, 0.05) is 19.8 Å². The van der Waals surface area contributed by atoms with Crippen LogP contribution in [0.1, 0.15) is 51.8 Å². The number of hydrogen-bond acceptors (Lipinski definition) is 3. The van der Waals surface area contributed by atoms with Crippen LogP contribution in [0.5, 0.6) is 0 Å². The normalized spacial score (nSPS) is 12.8. The van der Waals surface area contributed by atoms with Gasteiger partial charge < -0.3 is 10.1 Å². The fourth-order valence-corrected chi connectivity index (χ4v) is 2.73. The van der Waals surface area contributed by atoms with E-state index in [0.717, 1.165) is 50.0 Å². The Bertz CT molecular complexity index is 354. The minimum Gasteiger partial charge on any atom is -0.382 e. The van der Waals surface area contributed by atoms with Gasteiger partial charge in [-0.25, -0.2) is 0 Å². The first-order valence-corrected chi connectivity index (χ1v) is 8.06. The van der Waals surface area contributed by atoms with Crippen molar-refractivity contribution in [1.29, 1.82) is 0 Å². The van der Waals surface area contributed by atoms with Gasteiger partial charge in [-0.1, -0.05) is 6.92 Å². The van der Waals surface area contributed by atoms with Gasteiger partial charge in [0.1, 0.15) is 0 Å². The van der Waals surface area contributed by atoms with E-state index in [2.05, 4.69) is 44.9 Å². The third-order valence-corrected chi connectivity index (χ3v) is 3.70. The molecule has 1 aromatic heterocycles. The van der Waals surface area contributed by atoms with Crippen molar-refractivity contribution in [3.05, 3.63) is 16.4 Å². The largest absolute Gasteiger partial charge is 0.382 e. The maximum atomic E-state index is 5.43. The summed E-state index contributed by atoms with van der Waals surface area (Å²) in [5.41, 5.74) is 1.26. The van der Waals surface area contributed by atoms with Gasteiger partial charge in [0.05, 0.1) is 22.4 Å². The molecule has 0 saturated carbocycles. The van der Waals surface area contributed by atoms with Crippen molar-refractivity contribution < 1.29 is 4.74 Å². The highest BCUT2D eigenvalue weighted by Gasteiger charge is 2.18. The highest BCUT2D eigenvalue weighted by molar-refractivity contribution is 9.10. The maximum Gasteiger partial charge on any atom is 0.0695 e. The number of rotatable bonds is 10. The maximum absolute atomic E-state index is 5.43. The molecule has 0 aliphatic rings. The van der Waals surface area contributed by atoms with Gasteiger partial charge in [0.25, 0.3) is 0 Å². The molecule has 0 bridgehead atoms. The van der Waals surface area contributed by atoms with E-state index >= 15 is 0 Å². The van der Waals surface area contributed by atoms with Crippen LogP contribution in [0.3, 0.4) is 0 Å². The zero-order valence-electron chi connectivity index (χ0n) is 12.3. The van der Waals surface area contributed by atoms with Gasteiger partial charge in [0.15, 0.2) is 0 Å². The summed E-state index contributed by atoms with van der Waals surface area (Å²) in [6.07, 6.45) is 5.17. The summed E-state index contributed by atoms with van der Waals surface area (Å²) in [6.45, 7) is 9.91. The minimum absolute atomic E-state index is 0.345. The van der Waals surface area contributed by atoms with Gasteiger partial charge in [-0.05, 0) is 55.6 Å². The number of hydrogen-bond donors (Lipinski definition) is 1. The average Bonchev–Trinajstić information content (AvgIpc) is 2.79. The second-order valence-corrected chi connectivity index (χ2v) is 5.39. The quantitative estimate of drug-likeness (QED) is 0.666. The van der Waals surface area contributed by atoms with Crippen molar-refractivity contribution in [2.45, 2.75) is 52.6 Å². The molecule has 1 N–H and O–H groups in total. The first-order chi connectivity index (χ1) is 9.24. The molecule has 0 aliphatic carbocycles. The van der Waals surface area contributed by atoms with Crippen LogP contribution in [0.4, 0.5) is 0 Å². The molecule has 0 radical (unpaired) electrons. The number of aryl methyl sites for hydroxylation is 1. The number of halogens is 1. The number of aromatic nitrogens is 2. The molecule has 1 aromatic rings. The van der Waals surface area contributed by atoms with Crippen LogP contribution in [0.25, 0.3) is 0 Å². The lowest BCUT2D eigenvalue weighted by Gasteiger charge is -2.20. The van der Waals surface area contributed by atoms with E-state index in [4.69, 9.17) is 4.74 Å². The second-order valence-electron chi connectivity index (χ2n) is 4.54. The van der Waals surface area contributed by atoms with E-state index in [9.17, 15) is 0 Å². The van der Waals surface area contributed by atoms with Crippen LogP contribution in [0, 0.1) is 0 Å².